The molecule has 0 saturated carbocycles. The summed E-state index contributed by atoms with van der Waals surface area (Å²) < 4.78 is 23.6. The molecule has 0 spiro atoms. The summed E-state index contributed by atoms with van der Waals surface area (Å²) in [4.78, 5) is 0. The highest BCUT2D eigenvalue weighted by atomic mass is 35.5. The maximum absolute atomic E-state index is 11.8. The second-order valence-corrected chi connectivity index (χ2v) is 6.89. The van der Waals surface area contributed by atoms with Crippen molar-refractivity contribution in [1.82, 2.24) is 10.2 Å². The number of halogens is 1. The molecule has 1 aromatic heterocycles. The number of rotatable bonds is 2. The molecule has 1 atom stereocenters. The summed E-state index contributed by atoms with van der Waals surface area (Å²) in [6, 6.07) is 1.68. The average molecular weight is 261 g/mol. The van der Waals surface area contributed by atoms with Gasteiger partial charge in [0.15, 0.2) is 9.84 Å². The van der Waals surface area contributed by atoms with Crippen LogP contribution in [0.1, 0.15) is 25.0 Å². The average Bonchev–Trinajstić information content (AvgIpc) is 2.21. The number of aromatic nitrogens is 2. The first-order valence-corrected chi connectivity index (χ1v) is 7.36. The topological polar surface area (TPSA) is 59.9 Å². The molecule has 0 aliphatic carbocycles. The Labute approximate surface area is 100.0 Å². The summed E-state index contributed by atoms with van der Waals surface area (Å²) >= 11 is 5.78. The molecule has 2 heterocycles. The highest BCUT2D eigenvalue weighted by molar-refractivity contribution is 7.92. The molecule has 0 radical (unpaired) electrons. The van der Waals surface area contributed by atoms with Crippen molar-refractivity contribution in [2.45, 2.75) is 30.9 Å². The van der Waals surface area contributed by atoms with Crippen LogP contribution < -0.4 is 0 Å². The van der Waals surface area contributed by atoms with Crippen LogP contribution in [0.25, 0.3) is 0 Å². The van der Waals surface area contributed by atoms with Gasteiger partial charge in [0.05, 0.1) is 27.9 Å². The van der Waals surface area contributed by atoms with Gasteiger partial charge in [-0.25, -0.2) is 8.42 Å². The van der Waals surface area contributed by atoms with E-state index < -0.39 is 9.84 Å². The first kappa shape index (κ1) is 11.8. The van der Waals surface area contributed by atoms with E-state index in [0.717, 1.165) is 19.3 Å². The summed E-state index contributed by atoms with van der Waals surface area (Å²) in [5.41, 5.74) is 0.656. The van der Waals surface area contributed by atoms with E-state index in [2.05, 4.69) is 10.2 Å². The molecule has 88 valence electrons. The summed E-state index contributed by atoms with van der Waals surface area (Å²) in [5.74, 6) is 0.297. The van der Waals surface area contributed by atoms with Gasteiger partial charge >= 0.3 is 0 Å². The van der Waals surface area contributed by atoms with Crippen LogP contribution >= 0.6 is 11.6 Å². The summed E-state index contributed by atoms with van der Waals surface area (Å²) in [7, 11) is -2.95. The lowest BCUT2D eigenvalue weighted by Gasteiger charge is -2.21. The number of hydrogen-bond donors (Lipinski definition) is 0. The Morgan fingerprint density at radius 1 is 1.44 bits per heavy atom. The molecule has 0 bridgehead atoms. The Bertz CT molecular complexity index is 475. The monoisotopic (exact) mass is 260 g/mol. The summed E-state index contributed by atoms with van der Waals surface area (Å²) in [5, 5.41) is 7.81. The van der Waals surface area contributed by atoms with Crippen LogP contribution in [0.2, 0.25) is 5.02 Å². The molecule has 1 aliphatic heterocycles. The van der Waals surface area contributed by atoms with Crippen LogP contribution in [-0.2, 0) is 16.3 Å². The van der Waals surface area contributed by atoms with E-state index in [1.807, 2.05) is 0 Å². The highest BCUT2D eigenvalue weighted by Gasteiger charge is 2.29. The van der Waals surface area contributed by atoms with E-state index in [1.165, 1.54) is 6.20 Å². The van der Waals surface area contributed by atoms with Gasteiger partial charge in [-0.05, 0) is 18.9 Å². The Hall–Kier alpha value is -0.680. The van der Waals surface area contributed by atoms with E-state index in [-0.39, 0.29) is 5.25 Å². The van der Waals surface area contributed by atoms with E-state index >= 15 is 0 Å². The predicted octanol–water partition coefficient (Wildman–Crippen LogP) is 1.64. The summed E-state index contributed by atoms with van der Waals surface area (Å²) in [6.07, 6.45) is 4.34. The third-order valence-electron chi connectivity index (χ3n) is 2.82. The second-order valence-electron chi connectivity index (χ2n) is 4.05. The van der Waals surface area contributed by atoms with Crippen LogP contribution in [0.3, 0.4) is 0 Å². The third kappa shape index (κ3) is 2.71. The highest BCUT2D eigenvalue weighted by Crippen LogP contribution is 2.22. The fraction of sp³-hybridized carbons (Fsp3) is 0.600. The number of sulfone groups is 1. The molecule has 1 saturated heterocycles. The number of nitrogens with zero attached hydrogens (tertiary/aromatic N) is 2. The molecule has 1 unspecified atom stereocenters. The minimum atomic E-state index is -2.95. The molecule has 0 N–H and O–H groups in total. The van der Waals surface area contributed by atoms with E-state index in [9.17, 15) is 8.42 Å². The van der Waals surface area contributed by atoms with Crippen molar-refractivity contribution in [2.75, 3.05) is 5.75 Å². The first-order chi connectivity index (χ1) is 7.58. The molecule has 2 rings (SSSR count). The van der Waals surface area contributed by atoms with Crippen molar-refractivity contribution in [2.24, 2.45) is 0 Å². The van der Waals surface area contributed by atoms with Crippen LogP contribution in [0, 0.1) is 0 Å². The fourth-order valence-electron chi connectivity index (χ4n) is 1.97. The quantitative estimate of drug-likeness (QED) is 0.811. The minimum absolute atomic E-state index is 0.297. The zero-order valence-electron chi connectivity index (χ0n) is 8.76. The Kier molecular flexibility index (Phi) is 3.44. The maximum Gasteiger partial charge on any atom is 0.153 e. The SMILES string of the molecule is O=S1(=O)CCCCC1Cc1cc(Cl)cnn1. The van der Waals surface area contributed by atoms with Crippen LogP contribution in [0.5, 0.6) is 0 Å². The van der Waals surface area contributed by atoms with Crippen molar-refractivity contribution >= 4 is 21.4 Å². The normalized spacial score (nSPS) is 24.2. The van der Waals surface area contributed by atoms with Crippen LogP contribution in [0.4, 0.5) is 0 Å². The molecule has 16 heavy (non-hydrogen) atoms. The van der Waals surface area contributed by atoms with Gasteiger partial charge in [-0.3, -0.25) is 0 Å². The lowest BCUT2D eigenvalue weighted by Crippen LogP contribution is -2.30. The van der Waals surface area contributed by atoms with Gasteiger partial charge in [0.25, 0.3) is 0 Å². The first-order valence-electron chi connectivity index (χ1n) is 5.26. The van der Waals surface area contributed by atoms with Crippen molar-refractivity contribution in [3.05, 3.63) is 23.0 Å². The van der Waals surface area contributed by atoms with Crippen molar-refractivity contribution in [1.29, 1.82) is 0 Å². The smallest absolute Gasteiger partial charge is 0.153 e. The van der Waals surface area contributed by atoms with E-state index in [0.29, 0.717) is 22.9 Å². The molecule has 1 aromatic rings. The Balaban J connectivity index is 2.15. The largest absolute Gasteiger partial charge is 0.229 e. The molecule has 1 aliphatic rings. The lowest BCUT2D eigenvalue weighted by atomic mass is 10.1. The van der Waals surface area contributed by atoms with Gasteiger partial charge < -0.3 is 0 Å². The van der Waals surface area contributed by atoms with Crippen molar-refractivity contribution in [3.63, 3.8) is 0 Å². The van der Waals surface area contributed by atoms with E-state index in [1.54, 1.807) is 6.07 Å². The zero-order valence-corrected chi connectivity index (χ0v) is 10.3. The van der Waals surface area contributed by atoms with Gasteiger partial charge in [-0.1, -0.05) is 18.0 Å². The van der Waals surface area contributed by atoms with Gasteiger partial charge in [-0.15, -0.1) is 0 Å². The standard InChI is InChI=1S/C10H13ClN2O2S/c11-8-5-9(13-12-7-8)6-10-3-1-2-4-16(10,14)15/h5,7,10H,1-4,6H2. The minimum Gasteiger partial charge on any atom is -0.229 e. The zero-order chi connectivity index (χ0) is 11.6. The lowest BCUT2D eigenvalue weighted by molar-refractivity contribution is 0.535. The molecule has 1 fully saturated rings. The van der Waals surface area contributed by atoms with Gasteiger partial charge in [-0.2, -0.15) is 10.2 Å². The molecule has 4 nitrogen and oxygen atoms in total. The Morgan fingerprint density at radius 2 is 2.25 bits per heavy atom. The van der Waals surface area contributed by atoms with Gasteiger partial charge in [0.2, 0.25) is 0 Å². The molecular weight excluding hydrogens is 248 g/mol. The molecular formula is C10H13ClN2O2S. The maximum atomic E-state index is 11.8. The van der Waals surface area contributed by atoms with Crippen LogP contribution in [-0.4, -0.2) is 29.6 Å². The predicted molar refractivity (Wildman–Crippen MR) is 62.2 cm³/mol. The fourth-order valence-corrected chi connectivity index (χ4v) is 4.03. The Morgan fingerprint density at radius 3 is 2.94 bits per heavy atom. The van der Waals surface area contributed by atoms with Crippen molar-refractivity contribution in [3.8, 4) is 0 Å². The van der Waals surface area contributed by atoms with Gasteiger partial charge in [0.1, 0.15) is 0 Å². The number of hydrogen-bond acceptors (Lipinski definition) is 4. The molecule has 6 heteroatoms. The van der Waals surface area contributed by atoms with E-state index in [4.69, 9.17) is 11.6 Å². The summed E-state index contributed by atoms with van der Waals surface area (Å²) in [6.45, 7) is 0. The molecule has 0 amide bonds. The van der Waals surface area contributed by atoms with Crippen molar-refractivity contribution < 1.29 is 8.42 Å². The second kappa shape index (κ2) is 4.67. The van der Waals surface area contributed by atoms with Gasteiger partial charge in [0, 0.05) is 6.42 Å². The third-order valence-corrected chi connectivity index (χ3v) is 5.30. The molecule has 0 aromatic carbocycles. The van der Waals surface area contributed by atoms with Crippen LogP contribution in [0.15, 0.2) is 12.3 Å².